The standard InChI is InChI=1S/C8H12N2O2S.C2H6/c1-6-3-4-7(10-2)5-8(6)13(9,11)12;1-2/h3-5,10H,1-2H3,(H2,9,11,12);1-2H3. The van der Waals surface area contributed by atoms with Crippen LogP contribution in [0.15, 0.2) is 23.1 Å². The lowest BCUT2D eigenvalue weighted by Crippen LogP contribution is -2.13. The summed E-state index contributed by atoms with van der Waals surface area (Å²) in [6.45, 7) is 5.71. The van der Waals surface area contributed by atoms with Gasteiger partial charge in [-0.15, -0.1) is 0 Å². The monoisotopic (exact) mass is 230 g/mol. The SMILES string of the molecule is CC.CNc1ccc(C)c(S(N)(=O)=O)c1. The molecule has 3 N–H and O–H groups in total. The first-order valence-corrected chi connectivity index (χ1v) is 6.31. The van der Waals surface area contributed by atoms with Gasteiger partial charge in [0.15, 0.2) is 0 Å². The topological polar surface area (TPSA) is 72.2 Å². The van der Waals surface area contributed by atoms with E-state index in [0.717, 1.165) is 5.69 Å². The molecule has 0 aromatic heterocycles. The predicted octanol–water partition coefficient (Wildman–Crippen LogP) is 1.71. The second kappa shape index (κ2) is 5.72. The molecule has 15 heavy (non-hydrogen) atoms. The Bertz CT molecular complexity index is 413. The maximum Gasteiger partial charge on any atom is 0.238 e. The van der Waals surface area contributed by atoms with Gasteiger partial charge in [0.2, 0.25) is 10.0 Å². The van der Waals surface area contributed by atoms with E-state index >= 15 is 0 Å². The number of hydrogen-bond acceptors (Lipinski definition) is 3. The summed E-state index contributed by atoms with van der Waals surface area (Å²) < 4.78 is 22.1. The first-order valence-electron chi connectivity index (χ1n) is 4.76. The van der Waals surface area contributed by atoms with Crippen molar-refractivity contribution in [2.45, 2.75) is 25.7 Å². The van der Waals surface area contributed by atoms with Crippen LogP contribution in [-0.2, 0) is 10.0 Å². The number of benzene rings is 1. The highest BCUT2D eigenvalue weighted by Crippen LogP contribution is 2.18. The van der Waals surface area contributed by atoms with Gasteiger partial charge < -0.3 is 5.32 Å². The van der Waals surface area contributed by atoms with Crippen LogP contribution in [-0.4, -0.2) is 15.5 Å². The Labute approximate surface area is 91.5 Å². The normalized spacial score (nSPS) is 10.2. The number of nitrogens with one attached hydrogen (secondary N) is 1. The Kier molecular flexibility index (Phi) is 5.32. The van der Waals surface area contributed by atoms with Crippen molar-refractivity contribution in [3.8, 4) is 0 Å². The minimum absolute atomic E-state index is 0.166. The zero-order valence-electron chi connectivity index (χ0n) is 9.53. The highest BCUT2D eigenvalue weighted by atomic mass is 32.2. The first-order chi connectivity index (χ1) is 6.95. The Morgan fingerprint density at radius 1 is 1.27 bits per heavy atom. The fourth-order valence-corrected chi connectivity index (χ4v) is 1.87. The summed E-state index contributed by atoms with van der Waals surface area (Å²) in [5.41, 5.74) is 1.39. The van der Waals surface area contributed by atoms with E-state index in [4.69, 9.17) is 5.14 Å². The number of primary sulfonamides is 1. The summed E-state index contributed by atoms with van der Waals surface area (Å²) in [7, 11) is -1.89. The Morgan fingerprint density at radius 3 is 2.20 bits per heavy atom. The molecule has 0 radical (unpaired) electrons. The summed E-state index contributed by atoms with van der Waals surface area (Å²) >= 11 is 0. The minimum atomic E-state index is -3.61. The average molecular weight is 230 g/mol. The lowest BCUT2D eigenvalue weighted by Gasteiger charge is -2.05. The molecule has 4 nitrogen and oxygen atoms in total. The van der Waals surface area contributed by atoms with Crippen molar-refractivity contribution in [2.24, 2.45) is 5.14 Å². The molecule has 0 aliphatic rings. The molecule has 0 atom stereocenters. The fourth-order valence-electron chi connectivity index (χ4n) is 1.06. The Hall–Kier alpha value is -1.07. The third kappa shape index (κ3) is 3.89. The van der Waals surface area contributed by atoms with Crippen LogP contribution in [0.25, 0.3) is 0 Å². The zero-order valence-corrected chi connectivity index (χ0v) is 10.4. The third-order valence-corrected chi connectivity index (χ3v) is 2.84. The van der Waals surface area contributed by atoms with E-state index in [1.165, 1.54) is 6.07 Å². The number of anilines is 1. The quantitative estimate of drug-likeness (QED) is 0.812. The van der Waals surface area contributed by atoms with Gasteiger partial charge in [0.25, 0.3) is 0 Å². The molecule has 5 heteroatoms. The van der Waals surface area contributed by atoms with Gasteiger partial charge in [0.05, 0.1) is 4.90 Å². The predicted molar refractivity (Wildman–Crippen MR) is 63.4 cm³/mol. The summed E-state index contributed by atoms with van der Waals surface area (Å²) in [6.07, 6.45) is 0. The molecule has 0 aliphatic heterocycles. The molecule has 0 aliphatic carbocycles. The highest BCUT2D eigenvalue weighted by molar-refractivity contribution is 7.89. The maximum atomic E-state index is 11.1. The molecule has 1 aromatic carbocycles. The van der Waals surface area contributed by atoms with Crippen molar-refractivity contribution in [1.82, 2.24) is 0 Å². The van der Waals surface area contributed by atoms with Crippen molar-refractivity contribution in [2.75, 3.05) is 12.4 Å². The maximum absolute atomic E-state index is 11.1. The molecule has 0 saturated heterocycles. The van der Waals surface area contributed by atoms with Crippen LogP contribution in [0.4, 0.5) is 5.69 Å². The van der Waals surface area contributed by atoms with E-state index < -0.39 is 10.0 Å². The molecule has 1 rings (SSSR count). The zero-order chi connectivity index (χ0) is 12.1. The summed E-state index contributed by atoms with van der Waals surface area (Å²) in [5, 5.41) is 7.87. The van der Waals surface area contributed by atoms with Gasteiger partial charge in [0.1, 0.15) is 0 Å². The molecule has 0 fully saturated rings. The largest absolute Gasteiger partial charge is 0.388 e. The van der Waals surface area contributed by atoms with Crippen molar-refractivity contribution < 1.29 is 8.42 Å². The number of sulfonamides is 1. The van der Waals surface area contributed by atoms with Crippen LogP contribution in [0.5, 0.6) is 0 Å². The number of rotatable bonds is 2. The fraction of sp³-hybridized carbons (Fsp3) is 0.400. The summed E-state index contributed by atoms with van der Waals surface area (Å²) in [6, 6.07) is 5.03. The van der Waals surface area contributed by atoms with Gasteiger partial charge >= 0.3 is 0 Å². The van der Waals surface area contributed by atoms with Crippen LogP contribution in [0.2, 0.25) is 0 Å². The Morgan fingerprint density at radius 2 is 1.80 bits per heavy atom. The molecular formula is C10H18N2O2S. The second-order valence-corrected chi connectivity index (χ2v) is 4.31. The van der Waals surface area contributed by atoms with Gasteiger partial charge in [0, 0.05) is 12.7 Å². The highest BCUT2D eigenvalue weighted by Gasteiger charge is 2.11. The number of hydrogen-bond donors (Lipinski definition) is 2. The van der Waals surface area contributed by atoms with Gasteiger partial charge in [-0.05, 0) is 24.6 Å². The van der Waals surface area contributed by atoms with E-state index in [1.807, 2.05) is 13.8 Å². The second-order valence-electron chi connectivity index (χ2n) is 2.78. The van der Waals surface area contributed by atoms with Crippen LogP contribution >= 0.6 is 0 Å². The summed E-state index contributed by atoms with van der Waals surface area (Å²) in [4.78, 5) is 0.166. The smallest absolute Gasteiger partial charge is 0.238 e. The number of aryl methyl sites for hydroxylation is 1. The van der Waals surface area contributed by atoms with E-state index in [9.17, 15) is 8.42 Å². The molecule has 0 unspecified atom stereocenters. The van der Waals surface area contributed by atoms with Crippen LogP contribution in [0.1, 0.15) is 19.4 Å². The van der Waals surface area contributed by atoms with Crippen LogP contribution in [0.3, 0.4) is 0 Å². The molecule has 0 amide bonds. The first kappa shape index (κ1) is 13.9. The lowest BCUT2D eigenvalue weighted by atomic mass is 10.2. The Balaban J connectivity index is 0.000000921. The van der Waals surface area contributed by atoms with E-state index in [-0.39, 0.29) is 4.90 Å². The minimum Gasteiger partial charge on any atom is -0.388 e. The molecule has 0 spiro atoms. The summed E-state index contributed by atoms with van der Waals surface area (Å²) in [5.74, 6) is 0. The van der Waals surface area contributed by atoms with Gasteiger partial charge in [-0.1, -0.05) is 19.9 Å². The van der Waals surface area contributed by atoms with E-state index in [0.29, 0.717) is 5.56 Å². The molecule has 0 bridgehead atoms. The van der Waals surface area contributed by atoms with Crippen molar-refractivity contribution in [3.63, 3.8) is 0 Å². The van der Waals surface area contributed by atoms with Gasteiger partial charge in [-0.3, -0.25) is 0 Å². The van der Waals surface area contributed by atoms with E-state index in [2.05, 4.69) is 5.32 Å². The molecular weight excluding hydrogens is 212 g/mol. The van der Waals surface area contributed by atoms with Crippen molar-refractivity contribution in [1.29, 1.82) is 0 Å². The molecule has 0 heterocycles. The van der Waals surface area contributed by atoms with Crippen molar-refractivity contribution in [3.05, 3.63) is 23.8 Å². The van der Waals surface area contributed by atoms with E-state index in [1.54, 1.807) is 26.1 Å². The van der Waals surface area contributed by atoms with Crippen LogP contribution in [0, 0.1) is 6.92 Å². The van der Waals surface area contributed by atoms with Crippen molar-refractivity contribution >= 4 is 15.7 Å². The third-order valence-electron chi connectivity index (χ3n) is 1.78. The number of nitrogens with two attached hydrogens (primary N) is 1. The van der Waals surface area contributed by atoms with Crippen LogP contribution < -0.4 is 10.5 Å². The average Bonchev–Trinajstić information content (AvgIpc) is 2.20. The van der Waals surface area contributed by atoms with Gasteiger partial charge in [-0.2, -0.15) is 0 Å². The molecule has 0 saturated carbocycles. The lowest BCUT2D eigenvalue weighted by molar-refractivity contribution is 0.597. The molecule has 86 valence electrons. The van der Waals surface area contributed by atoms with Gasteiger partial charge in [-0.25, -0.2) is 13.6 Å². The molecule has 1 aromatic rings.